The number of carbonyl (C=O) groups is 1. The Kier molecular flexibility index (Phi) is 6.82. The van der Waals surface area contributed by atoms with Gasteiger partial charge >= 0.3 is 6.03 Å². The maximum atomic E-state index is 13.0. The number of carbonyl (C=O) groups excluding carboxylic acids is 1. The van der Waals surface area contributed by atoms with Crippen LogP contribution in [0.2, 0.25) is 10.0 Å². The standard InChI is InChI=1S/C24H24Cl2N4O2/c1-3-4-5-13-30-15(2)20(21(27-24(30)31)16-9-11-18(25)12-10-16)23-28-22(29-32-23)17-7-6-8-19(26)14-17/h6-12,14,21H,3-5,13H2,1-2H3,(H,27,31). The molecule has 3 aromatic rings. The highest BCUT2D eigenvalue weighted by molar-refractivity contribution is 6.31. The lowest BCUT2D eigenvalue weighted by atomic mass is 9.94. The highest BCUT2D eigenvalue weighted by Crippen LogP contribution is 2.37. The zero-order valence-corrected chi connectivity index (χ0v) is 19.5. The number of urea groups is 1. The first-order valence-electron chi connectivity index (χ1n) is 10.6. The zero-order chi connectivity index (χ0) is 22.7. The summed E-state index contributed by atoms with van der Waals surface area (Å²) in [4.78, 5) is 19.4. The first-order valence-corrected chi connectivity index (χ1v) is 11.4. The molecule has 1 aliphatic rings. The maximum Gasteiger partial charge on any atom is 0.322 e. The Balaban J connectivity index is 1.77. The van der Waals surface area contributed by atoms with Gasteiger partial charge in [0.25, 0.3) is 5.89 Å². The van der Waals surface area contributed by atoms with Crippen LogP contribution in [0.4, 0.5) is 4.79 Å². The van der Waals surface area contributed by atoms with E-state index in [4.69, 9.17) is 27.7 Å². The minimum absolute atomic E-state index is 0.142. The summed E-state index contributed by atoms with van der Waals surface area (Å²) < 4.78 is 5.69. The third-order valence-electron chi connectivity index (χ3n) is 5.52. The Labute approximate surface area is 197 Å². The van der Waals surface area contributed by atoms with Gasteiger partial charge < -0.3 is 9.84 Å². The average molecular weight is 471 g/mol. The number of aromatic nitrogens is 2. The van der Waals surface area contributed by atoms with E-state index in [1.54, 1.807) is 29.2 Å². The number of allylic oxidation sites excluding steroid dienone is 1. The molecule has 6 nitrogen and oxygen atoms in total. The van der Waals surface area contributed by atoms with Gasteiger partial charge in [0.05, 0.1) is 11.6 Å². The molecule has 166 valence electrons. The van der Waals surface area contributed by atoms with Crippen LogP contribution in [0.3, 0.4) is 0 Å². The number of halogens is 2. The van der Waals surface area contributed by atoms with E-state index in [1.165, 1.54) is 0 Å². The summed E-state index contributed by atoms with van der Waals surface area (Å²) in [7, 11) is 0. The van der Waals surface area contributed by atoms with Crippen LogP contribution in [-0.2, 0) is 0 Å². The summed E-state index contributed by atoms with van der Waals surface area (Å²) in [6.07, 6.45) is 3.04. The van der Waals surface area contributed by atoms with Gasteiger partial charge in [0.2, 0.25) is 5.82 Å². The van der Waals surface area contributed by atoms with E-state index in [9.17, 15) is 4.79 Å². The number of unbranched alkanes of at least 4 members (excludes halogenated alkanes) is 2. The SMILES string of the molecule is CCCCCN1C(=O)NC(c2ccc(Cl)cc2)C(c2nc(-c3cccc(Cl)c3)no2)=C1C. The fraction of sp³-hybridized carbons (Fsp3) is 0.292. The zero-order valence-electron chi connectivity index (χ0n) is 17.9. The van der Waals surface area contributed by atoms with Crippen molar-refractivity contribution in [3.63, 3.8) is 0 Å². The van der Waals surface area contributed by atoms with Crippen LogP contribution in [-0.4, -0.2) is 27.6 Å². The molecule has 2 amide bonds. The van der Waals surface area contributed by atoms with Crippen LogP contribution in [0.25, 0.3) is 17.0 Å². The second-order valence-corrected chi connectivity index (χ2v) is 8.60. The first-order chi connectivity index (χ1) is 15.5. The van der Waals surface area contributed by atoms with E-state index in [0.717, 1.165) is 41.7 Å². The van der Waals surface area contributed by atoms with Crippen LogP contribution < -0.4 is 5.32 Å². The van der Waals surface area contributed by atoms with Gasteiger partial charge in [-0.25, -0.2) is 4.79 Å². The maximum absolute atomic E-state index is 13.0. The van der Waals surface area contributed by atoms with Gasteiger partial charge in [-0.15, -0.1) is 0 Å². The van der Waals surface area contributed by atoms with Crippen molar-refractivity contribution in [3.05, 3.63) is 75.7 Å². The fourth-order valence-electron chi connectivity index (χ4n) is 3.83. The molecule has 4 rings (SSSR count). The summed E-state index contributed by atoms with van der Waals surface area (Å²) in [6, 6.07) is 14.1. The number of benzene rings is 2. The average Bonchev–Trinajstić information content (AvgIpc) is 3.26. The molecule has 1 aromatic heterocycles. The Morgan fingerprint density at radius 1 is 1.09 bits per heavy atom. The van der Waals surface area contributed by atoms with Gasteiger partial charge in [0, 0.05) is 27.9 Å². The van der Waals surface area contributed by atoms with Crippen molar-refractivity contribution in [3.8, 4) is 11.4 Å². The molecule has 8 heteroatoms. The molecular formula is C24H24Cl2N4O2. The van der Waals surface area contributed by atoms with Gasteiger partial charge in [-0.05, 0) is 43.2 Å². The van der Waals surface area contributed by atoms with E-state index in [0.29, 0.717) is 28.3 Å². The molecule has 0 fully saturated rings. The predicted octanol–water partition coefficient (Wildman–Crippen LogP) is 6.73. The molecule has 1 aliphatic heterocycles. The lowest BCUT2D eigenvalue weighted by Gasteiger charge is -2.35. The lowest BCUT2D eigenvalue weighted by molar-refractivity contribution is 0.204. The van der Waals surface area contributed by atoms with Crippen molar-refractivity contribution in [2.24, 2.45) is 0 Å². The van der Waals surface area contributed by atoms with Crippen molar-refractivity contribution >= 4 is 34.8 Å². The Morgan fingerprint density at radius 2 is 1.88 bits per heavy atom. The molecule has 0 spiro atoms. The minimum atomic E-state index is -0.435. The number of hydrogen-bond acceptors (Lipinski definition) is 4. The molecule has 1 N–H and O–H groups in total. The van der Waals surface area contributed by atoms with Crippen LogP contribution in [0.5, 0.6) is 0 Å². The van der Waals surface area contributed by atoms with Gasteiger partial charge in [-0.3, -0.25) is 4.90 Å². The normalized spacial score (nSPS) is 16.4. The third kappa shape index (κ3) is 4.66. The summed E-state index contributed by atoms with van der Waals surface area (Å²) >= 11 is 12.2. The Bertz CT molecular complexity index is 1140. The topological polar surface area (TPSA) is 71.3 Å². The number of nitrogens with one attached hydrogen (secondary N) is 1. The number of rotatable bonds is 7. The molecule has 0 bridgehead atoms. The van der Waals surface area contributed by atoms with Gasteiger partial charge in [0.15, 0.2) is 0 Å². The van der Waals surface area contributed by atoms with Crippen LogP contribution >= 0.6 is 23.2 Å². The highest BCUT2D eigenvalue weighted by atomic mass is 35.5. The number of hydrogen-bond donors (Lipinski definition) is 1. The van der Waals surface area contributed by atoms with Gasteiger partial charge in [-0.1, -0.05) is 72.4 Å². The first kappa shape index (κ1) is 22.4. The van der Waals surface area contributed by atoms with Crippen molar-refractivity contribution in [2.45, 2.75) is 39.2 Å². The molecule has 0 aliphatic carbocycles. The molecule has 1 unspecified atom stereocenters. The molecular weight excluding hydrogens is 447 g/mol. The van der Waals surface area contributed by atoms with Crippen molar-refractivity contribution < 1.29 is 9.32 Å². The van der Waals surface area contributed by atoms with Crippen molar-refractivity contribution in [2.75, 3.05) is 6.54 Å². The molecule has 1 atom stereocenters. The fourth-order valence-corrected chi connectivity index (χ4v) is 4.15. The lowest BCUT2D eigenvalue weighted by Crippen LogP contribution is -2.46. The van der Waals surface area contributed by atoms with E-state index in [2.05, 4.69) is 22.4 Å². The molecule has 2 heterocycles. The van der Waals surface area contributed by atoms with Gasteiger partial charge in [-0.2, -0.15) is 4.98 Å². The van der Waals surface area contributed by atoms with E-state index in [1.807, 2.05) is 31.2 Å². The smallest absolute Gasteiger partial charge is 0.322 e. The Morgan fingerprint density at radius 3 is 2.59 bits per heavy atom. The summed E-state index contributed by atoms with van der Waals surface area (Å²) in [5.41, 5.74) is 3.21. The van der Waals surface area contributed by atoms with Crippen LogP contribution in [0.15, 0.2) is 58.8 Å². The summed E-state index contributed by atoms with van der Waals surface area (Å²) in [6.45, 7) is 4.68. The predicted molar refractivity (Wildman–Crippen MR) is 126 cm³/mol. The Hall–Kier alpha value is -2.83. The van der Waals surface area contributed by atoms with Crippen LogP contribution in [0, 0.1) is 0 Å². The molecule has 2 aromatic carbocycles. The van der Waals surface area contributed by atoms with Crippen LogP contribution in [0.1, 0.15) is 50.6 Å². The largest absolute Gasteiger partial charge is 0.334 e. The highest BCUT2D eigenvalue weighted by Gasteiger charge is 2.35. The monoisotopic (exact) mass is 470 g/mol. The second kappa shape index (κ2) is 9.76. The molecule has 32 heavy (non-hydrogen) atoms. The summed E-state index contributed by atoms with van der Waals surface area (Å²) in [5.74, 6) is 0.796. The molecule has 0 saturated heterocycles. The van der Waals surface area contributed by atoms with Gasteiger partial charge in [0.1, 0.15) is 0 Å². The van der Waals surface area contributed by atoms with Crippen molar-refractivity contribution in [1.82, 2.24) is 20.4 Å². The summed E-state index contributed by atoms with van der Waals surface area (Å²) in [5, 5.41) is 8.49. The molecule has 0 radical (unpaired) electrons. The van der Waals surface area contributed by atoms with E-state index >= 15 is 0 Å². The minimum Gasteiger partial charge on any atom is -0.334 e. The quantitative estimate of drug-likeness (QED) is 0.388. The van der Waals surface area contributed by atoms with Crippen molar-refractivity contribution in [1.29, 1.82) is 0 Å². The third-order valence-corrected chi connectivity index (χ3v) is 6.01. The van der Waals surface area contributed by atoms with E-state index < -0.39 is 6.04 Å². The number of nitrogens with zero attached hydrogens (tertiary/aromatic N) is 3. The number of amides is 2. The second-order valence-electron chi connectivity index (χ2n) is 7.73. The molecule has 0 saturated carbocycles. The van der Waals surface area contributed by atoms with E-state index in [-0.39, 0.29) is 6.03 Å².